The molecule has 0 heterocycles. The SMILES string of the molecule is CCCCCc1ccc(C#Cc2ccc(C#Cc3ccc(OCC)c(F)c3)cc2)cc1. The summed E-state index contributed by atoms with van der Waals surface area (Å²) in [6.07, 6.45) is 4.89. The lowest BCUT2D eigenvalue weighted by atomic mass is 10.1. The lowest BCUT2D eigenvalue weighted by molar-refractivity contribution is 0.321. The number of hydrogen-bond donors (Lipinski definition) is 0. The zero-order chi connectivity index (χ0) is 21.9. The fourth-order valence-electron chi connectivity index (χ4n) is 3.11. The molecule has 2 heteroatoms. The van der Waals surface area contributed by atoms with Crippen molar-refractivity contribution in [1.82, 2.24) is 0 Å². The minimum atomic E-state index is -0.395. The van der Waals surface area contributed by atoms with Crippen LogP contribution in [0.2, 0.25) is 0 Å². The predicted octanol–water partition coefficient (Wildman–Crippen LogP) is 6.76. The molecule has 0 aliphatic carbocycles. The third kappa shape index (κ3) is 7.06. The van der Waals surface area contributed by atoms with Crippen molar-refractivity contribution in [3.63, 3.8) is 0 Å². The minimum absolute atomic E-state index is 0.252. The maximum Gasteiger partial charge on any atom is 0.166 e. The molecule has 0 saturated heterocycles. The molecule has 1 nitrogen and oxygen atoms in total. The number of unbranched alkanes of at least 4 members (excludes halogenated alkanes) is 2. The van der Waals surface area contributed by atoms with Crippen LogP contribution >= 0.6 is 0 Å². The van der Waals surface area contributed by atoms with Gasteiger partial charge in [-0.15, -0.1) is 0 Å². The van der Waals surface area contributed by atoms with Gasteiger partial charge in [-0.3, -0.25) is 0 Å². The van der Waals surface area contributed by atoms with Gasteiger partial charge in [-0.2, -0.15) is 0 Å². The summed E-state index contributed by atoms with van der Waals surface area (Å²) >= 11 is 0. The van der Waals surface area contributed by atoms with Crippen molar-refractivity contribution in [2.45, 2.75) is 39.5 Å². The van der Waals surface area contributed by atoms with E-state index in [9.17, 15) is 4.39 Å². The van der Waals surface area contributed by atoms with Crippen molar-refractivity contribution < 1.29 is 9.13 Å². The molecule has 0 aromatic heterocycles. The first-order chi connectivity index (χ1) is 15.2. The predicted molar refractivity (Wildman–Crippen MR) is 126 cm³/mol. The molecule has 0 bridgehead atoms. The van der Waals surface area contributed by atoms with E-state index in [1.54, 1.807) is 12.1 Å². The van der Waals surface area contributed by atoms with Crippen molar-refractivity contribution in [3.8, 4) is 29.4 Å². The first kappa shape index (κ1) is 22.2. The second-order valence-corrected chi connectivity index (χ2v) is 7.31. The molecule has 0 amide bonds. The number of rotatable bonds is 6. The average molecular weight is 411 g/mol. The summed E-state index contributed by atoms with van der Waals surface area (Å²) in [5.74, 6) is 12.3. The topological polar surface area (TPSA) is 9.23 Å². The second-order valence-electron chi connectivity index (χ2n) is 7.31. The van der Waals surface area contributed by atoms with Crippen LogP contribution < -0.4 is 4.74 Å². The van der Waals surface area contributed by atoms with Gasteiger partial charge in [0.2, 0.25) is 0 Å². The smallest absolute Gasteiger partial charge is 0.166 e. The molecule has 0 spiro atoms. The third-order valence-corrected chi connectivity index (χ3v) is 4.84. The van der Waals surface area contributed by atoms with Crippen molar-refractivity contribution >= 4 is 0 Å². The van der Waals surface area contributed by atoms with Gasteiger partial charge in [-0.1, -0.05) is 55.6 Å². The lowest BCUT2D eigenvalue weighted by Crippen LogP contribution is -1.94. The summed E-state index contributed by atoms with van der Waals surface area (Å²) in [5.41, 5.74) is 4.79. The van der Waals surface area contributed by atoms with E-state index in [0.29, 0.717) is 12.2 Å². The highest BCUT2D eigenvalue weighted by Crippen LogP contribution is 2.18. The summed E-state index contributed by atoms with van der Waals surface area (Å²) in [6, 6.07) is 21.0. The van der Waals surface area contributed by atoms with Gasteiger partial charge in [0.05, 0.1) is 6.61 Å². The van der Waals surface area contributed by atoms with Crippen LogP contribution in [0.3, 0.4) is 0 Å². The summed E-state index contributed by atoms with van der Waals surface area (Å²) in [5, 5.41) is 0. The standard InChI is InChI=1S/C29H27FO/c1-3-5-6-7-23-8-10-24(11-9-23)12-13-25-14-16-26(17-15-25)18-19-27-20-21-29(31-4-2)28(30)22-27/h8-11,14-17,20-22H,3-7H2,1-2H3. The molecule has 0 unspecified atom stereocenters. The van der Waals surface area contributed by atoms with Gasteiger partial charge in [0.15, 0.2) is 11.6 Å². The molecule has 0 saturated carbocycles. The first-order valence-corrected chi connectivity index (χ1v) is 10.8. The molecule has 31 heavy (non-hydrogen) atoms. The second kappa shape index (κ2) is 11.6. The number of aryl methyl sites for hydroxylation is 1. The third-order valence-electron chi connectivity index (χ3n) is 4.84. The van der Waals surface area contributed by atoms with Gasteiger partial charge in [0, 0.05) is 22.3 Å². The van der Waals surface area contributed by atoms with Crippen molar-refractivity contribution in [2.24, 2.45) is 0 Å². The molecule has 0 aliphatic heterocycles. The van der Waals surface area contributed by atoms with E-state index in [-0.39, 0.29) is 5.75 Å². The Labute approximate surface area is 185 Å². The molecule has 0 radical (unpaired) electrons. The highest BCUT2D eigenvalue weighted by molar-refractivity contribution is 5.48. The maximum absolute atomic E-state index is 13.9. The van der Waals surface area contributed by atoms with Crippen LogP contribution in [0.5, 0.6) is 5.75 Å². The summed E-state index contributed by atoms with van der Waals surface area (Å²) in [7, 11) is 0. The van der Waals surface area contributed by atoms with Crippen LogP contribution in [0.1, 0.15) is 60.9 Å². The van der Waals surface area contributed by atoms with E-state index in [1.165, 1.54) is 30.9 Å². The number of benzene rings is 3. The largest absolute Gasteiger partial charge is 0.491 e. The fraction of sp³-hybridized carbons (Fsp3) is 0.241. The Morgan fingerprint density at radius 2 is 1.19 bits per heavy atom. The highest BCUT2D eigenvalue weighted by Gasteiger charge is 2.02. The quantitative estimate of drug-likeness (QED) is 0.322. The van der Waals surface area contributed by atoms with E-state index in [4.69, 9.17) is 4.74 Å². The Balaban J connectivity index is 1.62. The number of hydrogen-bond acceptors (Lipinski definition) is 1. The Kier molecular flexibility index (Phi) is 8.33. The maximum atomic E-state index is 13.9. The van der Waals surface area contributed by atoms with E-state index in [0.717, 1.165) is 23.1 Å². The molecule has 3 aromatic carbocycles. The van der Waals surface area contributed by atoms with Gasteiger partial charge in [0.1, 0.15) is 0 Å². The van der Waals surface area contributed by atoms with Crippen LogP contribution in [0.25, 0.3) is 0 Å². The zero-order valence-corrected chi connectivity index (χ0v) is 18.2. The lowest BCUT2D eigenvalue weighted by Gasteiger charge is -2.03. The first-order valence-electron chi connectivity index (χ1n) is 10.8. The van der Waals surface area contributed by atoms with E-state index < -0.39 is 5.82 Å². The highest BCUT2D eigenvalue weighted by atomic mass is 19.1. The molecule has 0 atom stereocenters. The minimum Gasteiger partial charge on any atom is -0.491 e. The van der Waals surface area contributed by atoms with Gasteiger partial charge >= 0.3 is 0 Å². The molecule has 0 aliphatic rings. The molecular weight excluding hydrogens is 383 g/mol. The Bertz CT molecular complexity index is 1100. The molecule has 3 rings (SSSR count). The molecular formula is C29H27FO. The van der Waals surface area contributed by atoms with Crippen LogP contribution in [-0.4, -0.2) is 6.61 Å². The van der Waals surface area contributed by atoms with E-state index in [2.05, 4.69) is 54.9 Å². The average Bonchev–Trinajstić information content (AvgIpc) is 2.80. The molecule has 3 aromatic rings. The Morgan fingerprint density at radius 3 is 1.71 bits per heavy atom. The summed E-state index contributed by atoms with van der Waals surface area (Å²) in [6.45, 7) is 4.48. The summed E-state index contributed by atoms with van der Waals surface area (Å²) in [4.78, 5) is 0. The normalized spacial score (nSPS) is 9.90. The van der Waals surface area contributed by atoms with Crippen molar-refractivity contribution in [1.29, 1.82) is 0 Å². The monoisotopic (exact) mass is 410 g/mol. The van der Waals surface area contributed by atoms with Gasteiger partial charge in [0.25, 0.3) is 0 Å². The molecule has 0 N–H and O–H groups in total. The van der Waals surface area contributed by atoms with Gasteiger partial charge < -0.3 is 4.74 Å². The summed E-state index contributed by atoms with van der Waals surface area (Å²) < 4.78 is 19.1. The van der Waals surface area contributed by atoms with Gasteiger partial charge in [-0.25, -0.2) is 4.39 Å². The molecule has 156 valence electrons. The fourth-order valence-corrected chi connectivity index (χ4v) is 3.11. The van der Waals surface area contributed by atoms with Crippen molar-refractivity contribution in [2.75, 3.05) is 6.61 Å². The van der Waals surface area contributed by atoms with E-state index in [1.807, 2.05) is 31.2 Å². The van der Waals surface area contributed by atoms with Gasteiger partial charge in [-0.05, 0) is 79.9 Å². The van der Waals surface area contributed by atoms with Crippen LogP contribution in [-0.2, 0) is 6.42 Å². The van der Waals surface area contributed by atoms with Crippen LogP contribution in [0, 0.1) is 29.5 Å². The number of halogens is 1. The Morgan fingerprint density at radius 1 is 0.677 bits per heavy atom. The zero-order valence-electron chi connectivity index (χ0n) is 18.2. The van der Waals surface area contributed by atoms with E-state index >= 15 is 0 Å². The van der Waals surface area contributed by atoms with Crippen LogP contribution in [0.15, 0.2) is 66.7 Å². The van der Waals surface area contributed by atoms with Crippen molar-refractivity contribution in [3.05, 3.63) is 100 Å². The molecule has 0 fully saturated rings. The number of ether oxygens (including phenoxy) is 1. The Hall–Kier alpha value is -3.49. The van der Waals surface area contributed by atoms with Crippen LogP contribution in [0.4, 0.5) is 4.39 Å².